The molecule has 0 radical (unpaired) electrons. The van der Waals surface area contributed by atoms with Crippen molar-refractivity contribution in [1.82, 2.24) is 4.98 Å². The summed E-state index contributed by atoms with van der Waals surface area (Å²) in [6.07, 6.45) is 0.231. The minimum absolute atomic E-state index is 0.107. The Morgan fingerprint density at radius 1 is 1.08 bits per heavy atom. The van der Waals surface area contributed by atoms with Gasteiger partial charge in [0.1, 0.15) is 0 Å². The predicted molar refractivity (Wildman–Crippen MR) is 100 cm³/mol. The second kappa shape index (κ2) is 7.47. The molecule has 0 aliphatic heterocycles. The van der Waals surface area contributed by atoms with Gasteiger partial charge in [0, 0.05) is 21.8 Å². The van der Waals surface area contributed by atoms with E-state index >= 15 is 0 Å². The lowest BCUT2D eigenvalue weighted by Crippen LogP contribution is -2.14. The minimum atomic E-state index is -0.107. The molecular weight excluding hydrogens is 342 g/mol. The van der Waals surface area contributed by atoms with Crippen molar-refractivity contribution < 1.29 is 4.79 Å². The molecular formula is C18H16ClN3OS. The number of thiazole rings is 1. The Hall–Kier alpha value is -2.37. The predicted octanol–water partition coefficient (Wildman–Crippen LogP) is 5.03. The topological polar surface area (TPSA) is 54.0 Å². The molecule has 1 aromatic heterocycles. The van der Waals surface area contributed by atoms with Crippen molar-refractivity contribution in [3.63, 3.8) is 0 Å². The highest BCUT2D eigenvalue weighted by molar-refractivity contribution is 7.13. The number of carbonyl (C=O) groups excluding carboxylic acids is 1. The first kappa shape index (κ1) is 16.5. The maximum absolute atomic E-state index is 12.1. The van der Waals surface area contributed by atoms with Crippen LogP contribution in [0.15, 0.2) is 53.9 Å². The molecule has 1 amide bonds. The van der Waals surface area contributed by atoms with Crippen LogP contribution in [0.3, 0.4) is 0 Å². The molecule has 3 rings (SSSR count). The second-order valence-electron chi connectivity index (χ2n) is 5.37. The number of nitrogens with zero attached hydrogens (tertiary/aromatic N) is 1. The summed E-state index contributed by atoms with van der Waals surface area (Å²) in [6.45, 7) is 2.05. The van der Waals surface area contributed by atoms with Crippen LogP contribution >= 0.6 is 22.9 Å². The summed E-state index contributed by atoms with van der Waals surface area (Å²) in [5.41, 5.74) is 3.64. The summed E-state index contributed by atoms with van der Waals surface area (Å²) in [6, 6.07) is 15.1. The molecule has 3 aromatic rings. The zero-order chi connectivity index (χ0) is 16.9. The lowest BCUT2D eigenvalue weighted by atomic mass is 10.2. The number of hydrogen-bond acceptors (Lipinski definition) is 4. The highest BCUT2D eigenvalue weighted by Gasteiger charge is 2.08. The number of amides is 1. The van der Waals surface area contributed by atoms with Crippen LogP contribution < -0.4 is 10.6 Å². The van der Waals surface area contributed by atoms with Crippen molar-refractivity contribution in [2.45, 2.75) is 13.3 Å². The molecule has 122 valence electrons. The fourth-order valence-electron chi connectivity index (χ4n) is 2.11. The van der Waals surface area contributed by atoms with E-state index in [1.165, 1.54) is 16.9 Å². The standard InChI is InChI=1S/C18H16ClN3OS/c1-12-2-6-15(7-3-12)21-18-22-16(11-24-18)10-17(23)20-14-8-4-13(19)5-9-14/h2-9,11H,10H2,1H3,(H,20,23)(H,21,22). The molecule has 0 bridgehead atoms. The number of benzene rings is 2. The minimum Gasteiger partial charge on any atom is -0.332 e. The van der Waals surface area contributed by atoms with Gasteiger partial charge in [-0.1, -0.05) is 29.3 Å². The van der Waals surface area contributed by atoms with Gasteiger partial charge < -0.3 is 10.6 Å². The van der Waals surface area contributed by atoms with Gasteiger partial charge in [0.25, 0.3) is 0 Å². The molecule has 6 heteroatoms. The third kappa shape index (κ3) is 4.57. The third-order valence-corrected chi connectivity index (χ3v) is 4.38. The molecule has 2 aromatic carbocycles. The van der Waals surface area contributed by atoms with Crippen LogP contribution in [-0.4, -0.2) is 10.9 Å². The van der Waals surface area contributed by atoms with E-state index in [2.05, 4.69) is 15.6 Å². The second-order valence-corrected chi connectivity index (χ2v) is 6.66. The van der Waals surface area contributed by atoms with Crippen molar-refractivity contribution in [3.8, 4) is 0 Å². The molecule has 0 unspecified atom stereocenters. The van der Waals surface area contributed by atoms with Crippen LogP contribution in [-0.2, 0) is 11.2 Å². The van der Waals surface area contributed by atoms with Gasteiger partial charge in [0.2, 0.25) is 5.91 Å². The first-order valence-electron chi connectivity index (χ1n) is 7.42. The lowest BCUT2D eigenvalue weighted by molar-refractivity contribution is -0.115. The molecule has 0 atom stereocenters. The summed E-state index contributed by atoms with van der Waals surface area (Å²) >= 11 is 7.31. The molecule has 0 aliphatic rings. The number of anilines is 3. The fraction of sp³-hybridized carbons (Fsp3) is 0.111. The van der Waals surface area contributed by atoms with E-state index in [-0.39, 0.29) is 12.3 Å². The highest BCUT2D eigenvalue weighted by Crippen LogP contribution is 2.22. The Balaban J connectivity index is 1.58. The summed E-state index contributed by atoms with van der Waals surface area (Å²) in [4.78, 5) is 16.5. The number of hydrogen-bond donors (Lipinski definition) is 2. The largest absolute Gasteiger partial charge is 0.332 e. The van der Waals surface area contributed by atoms with Crippen LogP contribution in [0.1, 0.15) is 11.3 Å². The van der Waals surface area contributed by atoms with Crippen molar-refractivity contribution in [2.24, 2.45) is 0 Å². The Kier molecular flexibility index (Phi) is 5.13. The maximum atomic E-state index is 12.1. The average Bonchev–Trinajstić information content (AvgIpc) is 2.99. The molecule has 4 nitrogen and oxygen atoms in total. The van der Waals surface area contributed by atoms with Crippen LogP contribution in [0.2, 0.25) is 5.02 Å². The van der Waals surface area contributed by atoms with Gasteiger partial charge in [0.15, 0.2) is 5.13 Å². The van der Waals surface area contributed by atoms with Gasteiger partial charge in [-0.3, -0.25) is 4.79 Å². The summed E-state index contributed by atoms with van der Waals surface area (Å²) in [7, 11) is 0. The van der Waals surface area contributed by atoms with Crippen molar-refractivity contribution in [1.29, 1.82) is 0 Å². The van der Waals surface area contributed by atoms with E-state index in [1.807, 2.05) is 36.6 Å². The molecule has 24 heavy (non-hydrogen) atoms. The lowest BCUT2D eigenvalue weighted by Gasteiger charge is -2.04. The zero-order valence-electron chi connectivity index (χ0n) is 13.0. The zero-order valence-corrected chi connectivity index (χ0v) is 14.6. The van der Waals surface area contributed by atoms with Gasteiger partial charge in [-0.05, 0) is 43.3 Å². The molecule has 0 saturated carbocycles. The third-order valence-electron chi connectivity index (χ3n) is 3.32. The number of aromatic nitrogens is 1. The molecule has 2 N–H and O–H groups in total. The average molecular weight is 358 g/mol. The van der Waals surface area contributed by atoms with E-state index in [1.54, 1.807) is 24.3 Å². The summed E-state index contributed by atoms with van der Waals surface area (Å²) in [5, 5.41) is 9.37. The molecule has 0 aliphatic carbocycles. The van der Waals surface area contributed by atoms with Gasteiger partial charge in [0.05, 0.1) is 12.1 Å². The van der Waals surface area contributed by atoms with Crippen molar-refractivity contribution >= 4 is 45.4 Å². The number of carbonyl (C=O) groups is 1. The Morgan fingerprint density at radius 2 is 1.75 bits per heavy atom. The van der Waals surface area contributed by atoms with E-state index in [9.17, 15) is 4.79 Å². The number of aryl methyl sites for hydroxylation is 1. The summed E-state index contributed by atoms with van der Waals surface area (Å²) < 4.78 is 0. The summed E-state index contributed by atoms with van der Waals surface area (Å²) in [5.74, 6) is -0.107. The van der Waals surface area contributed by atoms with Gasteiger partial charge in [-0.25, -0.2) is 4.98 Å². The number of rotatable bonds is 5. The molecule has 0 fully saturated rings. The molecule has 1 heterocycles. The Labute approximate surface area is 149 Å². The Bertz CT molecular complexity index is 828. The van der Waals surface area contributed by atoms with Crippen LogP contribution in [0.5, 0.6) is 0 Å². The van der Waals surface area contributed by atoms with Gasteiger partial charge in [-0.15, -0.1) is 11.3 Å². The highest BCUT2D eigenvalue weighted by atomic mass is 35.5. The van der Waals surface area contributed by atoms with Crippen molar-refractivity contribution in [3.05, 3.63) is 70.2 Å². The maximum Gasteiger partial charge on any atom is 0.230 e. The number of halogens is 1. The van der Waals surface area contributed by atoms with E-state index in [0.29, 0.717) is 5.02 Å². The van der Waals surface area contributed by atoms with E-state index < -0.39 is 0 Å². The fourth-order valence-corrected chi connectivity index (χ4v) is 2.97. The molecule has 0 saturated heterocycles. The van der Waals surface area contributed by atoms with Gasteiger partial charge in [-0.2, -0.15) is 0 Å². The quantitative estimate of drug-likeness (QED) is 0.673. The Morgan fingerprint density at radius 3 is 2.46 bits per heavy atom. The van der Waals surface area contributed by atoms with Crippen LogP contribution in [0.4, 0.5) is 16.5 Å². The first-order valence-corrected chi connectivity index (χ1v) is 8.68. The van der Waals surface area contributed by atoms with Gasteiger partial charge >= 0.3 is 0 Å². The van der Waals surface area contributed by atoms with Crippen LogP contribution in [0.25, 0.3) is 0 Å². The van der Waals surface area contributed by atoms with E-state index in [0.717, 1.165) is 22.2 Å². The smallest absolute Gasteiger partial charge is 0.230 e. The SMILES string of the molecule is Cc1ccc(Nc2nc(CC(=O)Nc3ccc(Cl)cc3)cs2)cc1. The number of nitrogens with one attached hydrogen (secondary N) is 2. The normalized spacial score (nSPS) is 10.4. The van der Waals surface area contributed by atoms with Crippen LogP contribution in [0, 0.1) is 6.92 Å². The monoisotopic (exact) mass is 357 g/mol. The molecule has 0 spiro atoms. The first-order chi connectivity index (χ1) is 11.6. The van der Waals surface area contributed by atoms with Crippen molar-refractivity contribution in [2.75, 3.05) is 10.6 Å². The van der Waals surface area contributed by atoms with E-state index in [4.69, 9.17) is 11.6 Å².